The maximum Gasteiger partial charge on any atom is 0.410 e. The fraction of sp³-hybridized carbons (Fsp3) is 0.950. The number of hydrogen-bond acceptors (Lipinski definition) is 3. The van der Waals surface area contributed by atoms with E-state index in [2.05, 4.69) is 19.2 Å². The summed E-state index contributed by atoms with van der Waals surface area (Å²) in [4.78, 5) is 14.1. The van der Waals surface area contributed by atoms with Crippen LogP contribution in [0.25, 0.3) is 0 Å². The number of likely N-dealkylation sites (tertiary alicyclic amines) is 1. The lowest BCUT2D eigenvalue weighted by Crippen LogP contribution is -2.49. The van der Waals surface area contributed by atoms with E-state index in [4.69, 9.17) is 4.74 Å². The van der Waals surface area contributed by atoms with Gasteiger partial charge in [0.1, 0.15) is 5.60 Å². The molecule has 1 aliphatic heterocycles. The van der Waals surface area contributed by atoms with Gasteiger partial charge >= 0.3 is 6.09 Å². The van der Waals surface area contributed by atoms with Gasteiger partial charge in [-0.25, -0.2) is 4.79 Å². The van der Waals surface area contributed by atoms with E-state index >= 15 is 0 Å². The number of amides is 1. The van der Waals surface area contributed by atoms with Crippen molar-refractivity contribution in [3.05, 3.63) is 0 Å². The molecule has 1 atom stereocenters. The predicted molar refractivity (Wildman–Crippen MR) is 99.2 cm³/mol. The van der Waals surface area contributed by atoms with Crippen LogP contribution in [0.2, 0.25) is 0 Å². The zero-order valence-electron chi connectivity index (χ0n) is 16.5. The van der Waals surface area contributed by atoms with E-state index < -0.39 is 5.60 Å². The van der Waals surface area contributed by atoms with E-state index in [0.29, 0.717) is 11.5 Å². The van der Waals surface area contributed by atoms with Gasteiger partial charge in [-0.05, 0) is 70.6 Å². The van der Waals surface area contributed by atoms with Gasteiger partial charge in [-0.3, -0.25) is 0 Å². The molecule has 1 saturated heterocycles. The fourth-order valence-electron chi connectivity index (χ4n) is 3.81. The Kier molecular flexibility index (Phi) is 6.58. The molecule has 1 amide bonds. The lowest BCUT2D eigenvalue weighted by Gasteiger charge is -2.42. The Morgan fingerprint density at radius 2 is 1.88 bits per heavy atom. The summed E-state index contributed by atoms with van der Waals surface area (Å²) in [5.74, 6) is 0.917. The van der Waals surface area contributed by atoms with Crippen LogP contribution in [0, 0.1) is 11.3 Å². The fourth-order valence-corrected chi connectivity index (χ4v) is 3.81. The highest BCUT2D eigenvalue weighted by atomic mass is 16.6. The summed E-state index contributed by atoms with van der Waals surface area (Å²) in [6.45, 7) is 13.1. The van der Waals surface area contributed by atoms with E-state index in [1.165, 1.54) is 32.1 Å². The second-order valence-corrected chi connectivity index (χ2v) is 8.93. The maximum atomic E-state index is 12.3. The zero-order valence-corrected chi connectivity index (χ0v) is 16.5. The summed E-state index contributed by atoms with van der Waals surface area (Å²) in [6, 6.07) is 0.710. The van der Waals surface area contributed by atoms with Crippen molar-refractivity contribution in [2.45, 2.75) is 91.2 Å². The van der Waals surface area contributed by atoms with Crippen LogP contribution in [0.3, 0.4) is 0 Å². The number of ether oxygens (including phenoxy) is 1. The van der Waals surface area contributed by atoms with Gasteiger partial charge in [0.15, 0.2) is 0 Å². The first kappa shape index (κ1) is 19.6. The van der Waals surface area contributed by atoms with E-state index in [1.807, 2.05) is 25.7 Å². The Morgan fingerprint density at radius 1 is 1.25 bits per heavy atom. The number of piperidine rings is 1. The Morgan fingerprint density at radius 3 is 2.33 bits per heavy atom. The highest BCUT2D eigenvalue weighted by Gasteiger charge is 2.37. The maximum absolute atomic E-state index is 12.3. The van der Waals surface area contributed by atoms with E-state index in [9.17, 15) is 4.79 Å². The molecule has 0 radical (unpaired) electrons. The van der Waals surface area contributed by atoms with Crippen LogP contribution in [0.1, 0.15) is 79.6 Å². The molecule has 0 spiro atoms. The molecule has 2 fully saturated rings. The third kappa shape index (κ3) is 5.65. The molecule has 2 rings (SSSR count). The van der Waals surface area contributed by atoms with Crippen molar-refractivity contribution in [2.24, 2.45) is 11.3 Å². The molecule has 0 aromatic carbocycles. The lowest BCUT2D eigenvalue weighted by atomic mass is 9.76. The molecule has 140 valence electrons. The van der Waals surface area contributed by atoms with Crippen molar-refractivity contribution < 1.29 is 9.53 Å². The minimum atomic E-state index is -0.407. The molecule has 1 aliphatic carbocycles. The van der Waals surface area contributed by atoms with Crippen molar-refractivity contribution >= 4 is 6.09 Å². The average molecular weight is 339 g/mol. The van der Waals surface area contributed by atoms with Crippen LogP contribution in [0.15, 0.2) is 0 Å². The van der Waals surface area contributed by atoms with E-state index in [0.717, 1.165) is 38.4 Å². The number of rotatable bonds is 7. The molecule has 4 nitrogen and oxygen atoms in total. The van der Waals surface area contributed by atoms with Gasteiger partial charge in [-0.15, -0.1) is 0 Å². The molecule has 0 aromatic rings. The van der Waals surface area contributed by atoms with Crippen molar-refractivity contribution in [1.29, 1.82) is 0 Å². The highest BCUT2D eigenvalue weighted by Crippen LogP contribution is 2.38. The molecule has 24 heavy (non-hydrogen) atoms. The predicted octanol–water partition coefficient (Wildman–Crippen LogP) is 4.58. The number of hydrogen-bond donors (Lipinski definition) is 1. The SMILES string of the molecule is CCCC(NCC1(CC)CCN(C(=O)OC(C)(C)C)CC1)C1CC1. The van der Waals surface area contributed by atoms with Gasteiger partial charge in [0.2, 0.25) is 0 Å². The van der Waals surface area contributed by atoms with Gasteiger partial charge in [0.25, 0.3) is 0 Å². The summed E-state index contributed by atoms with van der Waals surface area (Å²) in [7, 11) is 0. The van der Waals surface area contributed by atoms with Crippen LogP contribution in [0.5, 0.6) is 0 Å². The summed E-state index contributed by atoms with van der Waals surface area (Å²) >= 11 is 0. The normalized spacial score (nSPS) is 22.3. The summed E-state index contributed by atoms with van der Waals surface area (Å²) < 4.78 is 5.52. The van der Waals surface area contributed by atoms with Crippen molar-refractivity contribution in [1.82, 2.24) is 10.2 Å². The minimum absolute atomic E-state index is 0.151. The Bertz CT molecular complexity index is 404. The van der Waals surface area contributed by atoms with Gasteiger partial charge in [-0.1, -0.05) is 20.3 Å². The number of nitrogens with one attached hydrogen (secondary N) is 1. The number of carbonyl (C=O) groups is 1. The second-order valence-electron chi connectivity index (χ2n) is 8.93. The van der Waals surface area contributed by atoms with Gasteiger partial charge in [-0.2, -0.15) is 0 Å². The monoisotopic (exact) mass is 338 g/mol. The van der Waals surface area contributed by atoms with Crippen molar-refractivity contribution in [3.63, 3.8) is 0 Å². The molecule has 4 heteroatoms. The molecule has 1 saturated carbocycles. The van der Waals surface area contributed by atoms with Crippen LogP contribution >= 0.6 is 0 Å². The van der Waals surface area contributed by atoms with Crippen molar-refractivity contribution in [2.75, 3.05) is 19.6 Å². The first-order valence-electron chi connectivity index (χ1n) is 10.00. The summed E-state index contributed by atoms with van der Waals surface area (Å²) in [6.07, 6.45) is 8.58. The molecule has 1 unspecified atom stereocenters. The Labute approximate surface area is 148 Å². The second kappa shape index (κ2) is 8.07. The molecular formula is C20H38N2O2. The Balaban J connectivity index is 1.83. The molecular weight excluding hydrogens is 300 g/mol. The average Bonchev–Trinajstić information content (AvgIpc) is 3.35. The number of carbonyl (C=O) groups excluding carboxylic acids is 1. The first-order valence-corrected chi connectivity index (χ1v) is 10.00. The topological polar surface area (TPSA) is 41.6 Å². The summed E-state index contributed by atoms with van der Waals surface area (Å²) in [5, 5.41) is 3.89. The molecule has 1 heterocycles. The van der Waals surface area contributed by atoms with Crippen LogP contribution < -0.4 is 5.32 Å². The third-order valence-electron chi connectivity index (χ3n) is 5.76. The van der Waals surface area contributed by atoms with Crippen LogP contribution in [-0.4, -0.2) is 42.3 Å². The quantitative estimate of drug-likeness (QED) is 0.738. The highest BCUT2D eigenvalue weighted by molar-refractivity contribution is 5.68. The van der Waals surface area contributed by atoms with Gasteiger partial charge in [0, 0.05) is 25.7 Å². The largest absolute Gasteiger partial charge is 0.444 e. The molecule has 2 aliphatic rings. The smallest absolute Gasteiger partial charge is 0.410 e. The van der Waals surface area contributed by atoms with E-state index in [-0.39, 0.29) is 6.09 Å². The number of nitrogens with zero attached hydrogens (tertiary/aromatic N) is 1. The molecule has 0 aromatic heterocycles. The zero-order chi connectivity index (χ0) is 17.8. The molecule has 1 N–H and O–H groups in total. The van der Waals surface area contributed by atoms with Crippen LogP contribution in [-0.2, 0) is 4.74 Å². The minimum Gasteiger partial charge on any atom is -0.444 e. The van der Waals surface area contributed by atoms with Gasteiger partial charge in [0.05, 0.1) is 0 Å². The third-order valence-corrected chi connectivity index (χ3v) is 5.76. The van der Waals surface area contributed by atoms with Crippen molar-refractivity contribution in [3.8, 4) is 0 Å². The van der Waals surface area contributed by atoms with Crippen LogP contribution in [0.4, 0.5) is 4.79 Å². The first-order chi connectivity index (χ1) is 11.3. The standard InChI is InChI=1S/C20H38N2O2/c1-6-8-17(16-9-10-16)21-15-20(7-2)11-13-22(14-12-20)18(23)24-19(3,4)5/h16-17,21H,6-15H2,1-5H3. The summed E-state index contributed by atoms with van der Waals surface area (Å²) in [5.41, 5.74) is -0.0606. The Hall–Kier alpha value is -0.770. The van der Waals surface area contributed by atoms with Gasteiger partial charge < -0.3 is 15.0 Å². The lowest BCUT2D eigenvalue weighted by molar-refractivity contribution is 0.00901. The molecule has 0 bridgehead atoms. The van der Waals surface area contributed by atoms with E-state index in [1.54, 1.807) is 0 Å².